The van der Waals surface area contributed by atoms with Gasteiger partial charge in [0, 0.05) is 30.3 Å². The number of aromatic amines is 1. The Morgan fingerprint density at radius 3 is 2.96 bits per heavy atom. The Labute approximate surface area is 144 Å². The predicted octanol–water partition coefficient (Wildman–Crippen LogP) is 1.47. The highest BCUT2D eigenvalue weighted by Gasteiger charge is 2.27. The average molecular weight is 337 g/mol. The first kappa shape index (κ1) is 15.5. The largest absolute Gasteiger partial charge is 0.340 e. The second kappa shape index (κ2) is 6.84. The van der Waals surface area contributed by atoms with Crippen molar-refractivity contribution in [2.45, 2.75) is 25.3 Å². The van der Waals surface area contributed by atoms with Gasteiger partial charge < -0.3 is 4.90 Å². The molecule has 128 valence electrons. The third kappa shape index (κ3) is 3.28. The molecule has 8 heteroatoms. The fraction of sp³-hybridized carbons (Fsp3) is 0.353. The van der Waals surface area contributed by atoms with Crippen LogP contribution in [0.4, 0.5) is 0 Å². The van der Waals surface area contributed by atoms with E-state index in [1.165, 1.54) is 11.0 Å². The van der Waals surface area contributed by atoms with Gasteiger partial charge in [0.1, 0.15) is 12.9 Å². The Kier molecular flexibility index (Phi) is 4.24. The molecule has 3 heterocycles. The van der Waals surface area contributed by atoms with Gasteiger partial charge in [0.05, 0.1) is 6.20 Å². The molecule has 1 amide bonds. The number of H-pyrrole nitrogens is 1. The van der Waals surface area contributed by atoms with Crippen LogP contribution in [0.1, 0.15) is 24.5 Å². The first-order chi connectivity index (χ1) is 12.3. The third-order valence-electron chi connectivity index (χ3n) is 4.62. The normalized spacial score (nSPS) is 17.6. The van der Waals surface area contributed by atoms with E-state index in [1.54, 1.807) is 0 Å². The van der Waals surface area contributed by atoms with E-state index in [0.717, 1.165) is 36.2 Å². The molecular weight excluding hydrogens is 318 g/mol. The van der Waals surface area contributed by atoms with Crippen LogP contribution in [-0.2, 0) is 11.3 Å². The van der Waals surface area contributed by atoms with Gasteiger partial charge in [-0.05, 0) is 28.8 Å². The summed E-state index contributed by atoms with van der Waals surface area (Å²) in [6, 6.07) is 10.2. The molecule has 1 atom stereocenters. The lowest BCUT2D eigenvalue weighted by Crippen LogP contribution is -2.41. The second-order valence-electron chi connectivity index (χ2n) is 6.25. The van der Waals surface area contributed by atoms with Gasteiger partial charge in [0.15, 0.2) is 0 Å². The maximum atomic E-state index is 12.5. The summed E-state index contributed by atoms with van der Waals surface area (Å²) in [5.74, 6) is 0.294. The van der Waals surface area contributed by atoms with Gasteiger partial charge in [-0.2, -0.15) is 5.10 Å². The van der Waals surface area contributed by atoms with Crippen molar-refractivity contribution in [3.8, 4) is 11.1 Å². The first-order valence-electron chi connectivity index (χ1n) is 8.38. The quantitative estimate of drug-likeness (QED) is 0.778. The molecule has 1 N–H and O–H groups in total. The lowest BCUT2D eigenvalue weighted by molar-refractivity contribution is -0.133. The minimum absolute atomic E-state index is 0.0396. The number of piperidine rings is 1. The lowest BCUT2D eigenvalue weighted by atomic mass is 9.90. The molecule has 25 heavy (non-hydrogen) atoms. The molecule has 1 saturated heterocycles. The smallest absolute Gasteiger partial charge is 0.244 e. The Morgan fingerprint density at radius 2 is 2.16 bits per heavy atom. The van der Waals surface area contributed by atoms with Crippen LogP contribution in [0.15, 0.2) is 42.9 Å². The molecule has 2 aromatic heterocycles. The van der Waals surface area contributed by atoms with Crippen LogP contribution in [-0.4, -0.2) is 54.3 Å². The van der Waals surface area contributed by atoms with Gasteiger partial charge in [-0.3, -0.25) is 9.89 Å². The molecule has 0 bridgehead atoms. The molecule has 4 rings (SSSR count). The van der Waals surface area contributed by atoms with Gasteiger partial charge >= 0.3 is 0 Å². The van der Waals surface area contributed by atoms with Crippen molar-refractivity contribution < 1.29 is 4.79 Å². The SMILES string of the molecule is O=C(Cn1cnnn1)N1CCCC(c2[nH]ncc2-c2ccccc2)C1. The highest BCUT2D eigenvalue weighted by molar-refractivity contribution is 5.76. The zero-order chi connectivity index (χ0) is 17.1. The van der Waals surface area contributed by atoms with Crippen LogP contribution < -0.4 is 0 Å². The van der Waals surface area contributed by atoms with Crippen LogP contribution in [0.5, 0.6) is 0 Å². The highest BCUT2D eigenvalue weighted by Crippen LogP contribution is 2.32. The summed E-state index contributed by atoms with van der Waals surface area (Å²) < 4.78 is 1.46. The summed E-state index contributed by atoms with van der Waals surface area (Å²) in [6.07, 6.45) is 5.34. The summed E-state index contributed by atoms with van der Waals surface area (Å²) in [5, 5.41) is 18.3. The van der Waals surface area contributed by atoms with E-state index in [9.17, 15) is 4.79 Å². The molecule has 1 aliphatic rings. The number of rotatable bonds is 4. The fourth-order valence-corrected chi connectivity index (χ4v) is 3.39. The lowest BCUT2D eigenvalue weighted by Gasteiger charge is -2.32. The fourth-order valence-electron chi connectivity index (χ4n) is 3.39. The number of amides is 1. The molecule has 0 radical (unpaired) electrons. The standard InChI is InChI=1S/C17H19N7O/c25-16(11-24-12-19-21-22-24)23-8-4-7-14(10-23)17-15(9-18-20-17)13-5-2-1-3-6-13/h1-3,5-6,9,12,14H,4,7-8,10-11H2,(H,18,20). The summed E-state index contributed by atoms with van der Waals surface area (Å²) in [5.41, 5.74) is 3.36. The Hall–Kier alpha value is -3.03. The van der Waals surface area contributed by atoms with Crippen molar-refractivity contribution in [1.29, 1.82) is 0 Å². The van der Waals surface area contributed by atoms with Gasteiger partial charge in [-0.1, -0.05) is 30.3 Å². The summed E-state index contributed by atoms with van der Waals surface area (Å²) in [4.78, 5) is 14.4. The molecule has 1 aromatic carbocycles. The second-order valence-corrected chi connectivity index (χ2v) is 6.25. The van der Waals surface area contributed by atoms with Gasteiger partial charge in [0.25, 0.3) is 0 Å². The number of carbonyl (C=O) groups excluding carboxylic acids is 1. The van der Waals surface area contributed by atoms with Crippen LogP contribution in [0.25, 0.3) is 11.1 Å². The minimum Gasteiger partial charge on any atom is -0.340 e. The zero-order valence-electron chi connectivity index (χ0n) is 13.7. The van der Waals surface area contributed by atoms with Gasteiger partial charge in [-0.15, -0.1) is 5.10 Å². The molecule has 0 spiro atoms. The zero-order valence-corrected chi connectivity index (χ0v) is 13.7. The number of nitrogens with zero attached hydrogens (tertiary/aromatic N) is 6. The van der Waals surface area contributed by atoms with E-state index in [0.29, 0.717) is 6.54 Å². The van der Waals surface area contributed by atoms with Crippen molar-refractivity contribution in [2.24, 2.45) is 0 Å². The number of hydrogen-bond donors (Lipinski definition) is 1. The number of nitrogens with one attached hydrogen (secondary N) is 1. The maximum Gasteiger partial charge on any atom is 0.244 e. The average Bonchev–Trinajstić information content (AvgIpc) is 3.34. The topological polar surface area (TPSA) is 92.6 Å². The van der Waals surface area contributed by atoms with Crippen LogP contribution in [0.3, 0.4) is 0 Å². The number of benzene rings is 1. The monoisotopic (exact) mass is 337 g/mol. The van der Waals surface area contributed by atoms with E-state index in [-0.39, 0.29) is 18.4 Å². The van der Waals surface area contributed by atoms with Crippen molar-refractivity contribution in [3.63, 3.8) is 0 Å². The number of tetrazole rings is 1. The van der Waals surface area contributed by atoms with Crippen molar-refractivity contribution >= 4 is 5.91 Å². The molecule has 8 nitrogen and oxygen atoms in total. The van der Waals surface area contributed by atoms with Crippen molar-refractivity contribution in [1.82, 2.24) is 35.3 Å². The van der Waals surface area contributed by atoms with Crippen molar-refractivity contribution in [2.75, 3.05) is 13.1 Å². The molecular formula is C17H19N7O. The highest BCUT2D eigenvalue weighted by atomic mass is 16.2. The maximum absolute atomic E-state index is 12.5. The van der Waals surface area contributed by atoms with E-state index in [4.69, 9.17) is 0 Å². The van der Waals surface area contributed by atoms with Crippen LogP contribution in [0.2, 0.25) is 0 Å². The molecule has 1 unspecified atom stereocenters. The van der Waals surface area contributed by atoms with Gasteiger partial charge in [-0.25, -0.2) is 4.68 Å². The minimum atomic E-state index is 0.0396. The van der Waals surface area contributed by atoms with Gasteiger partial charge in [0.2, 0.25) is 5.91 Å². The molecule has 3 aromatic rings. The van der Waals surface area contributed by atoms with Crippen LogP contribution in [0, 0.1) is 0 Å². The number of likely N-dealkylation sites (tertiary alicyclic amines) is 1. The van der Waals surface area contributed by atoms with E-state index in [2.05, 4.69) is 37.9 Å². The van der Waals surface area contributed by atoms with E-state index in [1.807, 2.05) is 29.3 Å². The summed E-state index contributed by atoms with van der Waals surface area (Å²) in [6.45, 7) is 1.63. The molecule has 1 fully saturated rings. The van der Waals surface area contributed by atoms with E-state index < -0.39 is 0 Å². The van der Waals surface area contributed by atoms with Crippen molar-refractivity contribution in [3.05, 3.63) is 48.5 Å². The Bertz CT molecular complexity index is 828. The number of hydrogen-bond acceptors (Lipinski definition) is 5. The molecule has 0 saturated carbocycles. The van der Waals surface area contributed by atoms with E-state index >= 15 is 0 Å². The predicted molar refractivity (Wildman–Crippen MR) is 90.4 cm³/mol. The Morgan fingerprint density at radius 1 is 1.28 bits per heavy atom. The Balaban J connectivity index is 1.50. The molecule has 0 aliphatic carbocycles. The third-order valence-corrected chi connectivity index (χ3v) is 4.62. The number of aromatic nitrogens is 6. The number of carbonyl (C=O) groups is 1. The summed E-state index contributed by atoms with van der Waals surface area (Å²) in [7, 11) is 0. The first-order valence-corrected chi connectivity index (χ1v) is 8.38. The van der Waals surface area contributed by atoms with Crippen LogP contribution >= 0.6 is 0 Å². The molecule has 1 aliphatic heterocycles. The summed E-state index contributed by atoms with van der Waals surface area (Å²) >= 11 is 0.